The van der Waals surface area contributed by atoms with E-state index in [1.54, 1.807) is 0 Å². The summed E-state index contributed by atoms with van der Waals surface area (Å²) in [6, 6.07) is 2.00. The number of amides is 1. The van der Waals surface area contributed by atoms with Crippen LogP contribution < -0.4 is 11.1 Å². The SMILES string of the molecule is Cc1cc(C)c2c(N)c(C(=O)NCC3CCCS3)sc2n1. The smallest absolute Gasteiger partial charge is 0.263 e. The summed E-state index contributed by atoms with van der Waals surface area (Å²) in [5, 5.41) is 4.49. The molecule has 0 bridgehead atoms. The molecule has 112 valence electrons. The highest BCUT2D eigenvalue weighted by molar-refractivity contribution is 8.00. The van der Waals surface area contributed by atoms with E-state index < -0.39 is 0 Å². The van der Waals surface area contributed by atoms with Crippen LogP contribution in [0.5, 0.6) is 0 Å². The van der Waals surface area contributed by atoms with Gasteiger partial charge in [0, 0.05) is 22.9 Å². The highest BCUT2D eigenvalue weighted by atomic mass is 32.2. The molecule has 1 fully saturated rings. The number of pyridine rings is 1. The maximum atomic E-state index is 12.4. The third kappa shape index (κ3) is 2.87. The summed E-state index contributed by atoms with van der Waals surface area (Å²) >= 11 is 3.33. The van der Waals surface area contributed by atoms with Crippen molar-refractivity contribution >= 4 is 44.9 Å². The zero-order valence-electron chi connectivity index (χ0n) is 12.2. The van der Waals surface area contributed by atoms with E-state index >= 15 is 0 Å². The van der Waals surface area contributed by atoms with Gasteiger partial charge in [-0.1, -0.05) is 0 Å². The van der Waals surface area contributed by atoms with E-state index in [0.717, 1.165) is 28.0 Å². The number of rotatable bonds is 3. The lowest BCUT2D eigenvalue weighted by molar-refractivity contribution is 0.0958. The number of nitrogen functional groups attached to an aromatic ring is 1. The van der Waals surface area contributed by atoms with E-state index in [4.69, 9.17) is 5.73 Å². The summed E-state index contributed by atoms with van der Waals surface area (Å²) in [6.07, 6.45) is 2.44. The molecule has 0 radical (unpaired) electrons. The minimum Gasteiger partial charge on any atom is -0.397 e. The molecular weight excluding hydrogens is 302 g/mol. The van der Waals surface area contributed by atoms with Gasteiger partial charge < -0.3 is 11.1 Å². The van der Waals surface area contributed by atoms with Gasteiger partial charge in [-0.3, -0.25) is 4.79 Å². The van der Waals surface area contributed by atoms with Crippen molar-refractivity contribution in [2.75, 3.05) is 18.0 Å². The molecule has 1 atom stereocenters. The number of fused-ring (bicyclic) bond motifs is 1. The lowest BCUT2D eigenvalue weighted by Crippen LogP contribution is -2.29. The van der Waals surface area contributed by atoms with Crippen LogP contribution in [0.1, 0.15) is 33.8 Å². The number of thiophene rings is 1. The molecule has 1 unspecified atom stereocenters. The third-order valence-electron chi connectivity index (χ3n) is 3.74. The Balaban J connectivity index is 1.84. The quantitative estimate of drug-likeness (QED) is 0.911. The highest BCUT2D eigenvalue weighted by Crippen LogP contribution is 2.35. The first-order chi connectivity index (χ1) is 10.1. The number of nitrogens with one attached hydrogen (secondary N) is 1. The van der Waals surface area contributed by atoms with Crippen LogP contribution in [-0.4, -0.2) is 28.4 Å². The molecule has 0 spiro atoms. The van der Waals surface area contributed by atoms with Crippen molar-refractivity contribution in [3.05, 3.63) is 22.2 Å². The topological polar surface area (TPSA) is 68.0 Å². The molecule has 3 heterocycles. The van der Waals surface area contributed by atoms with E-state index in [1.807, 2.05) is 31.7 Å². The molecule has 1 amide bonds. The van der Waals surface area contributed by atoms with E-state index in [9.17, 15) is 4.79 Å². The zero-order valence-corrected chi connectivity index (χ0v) is 13.9. The van der Waals surface area contributed by atoms with Crippen LogP contribution in [-0.2, 0) is 0 Å². The van der Waals surface area contributed by atoms with Crippen molar-refractivity contribution in [1.29, 1.82) is 0 Å². The average molecular weight is 321 g/mol. The van der Waals surface area contributed by atoms with Crippen LogP contribution in [0, 0.1) is 13.8 Å². The Morgan fingerprint density at radius 3 is 3.05 bits per heavy atom. The van der Waals surface area contributed by atoms with E-state index in [-0.39, 0.29) is 5.91 Å². The minimum atomic E-state index is -0.0694. The van der Waals surface area contributed by atoms with Gasteiger partial charge in [-0.25, -0.2) is 4.98 Å². The number of carbonyl (C=O) groups excluding carboxylic acids is 1. The fourth-order valence-corrected chi connectivity index (χ4v) is 5.06. The molecule has 3 N–H and O–H groups in total. The zero-order chi connectivity index (χ0) is 15.0. The molecule has 21 heavy (non-hydrogen) atoms. The van der Waals surface area contributed by atoms with E-state index in [0.29, 0.717) is 15.8 Å². The van der Waals surface area contributed by atoms with Gasteiger partial charge in [-0.15, -0.1) is 11.3 Å². The number of nitrogens with two attached hydrogens (primary N) is 1. The maximum absolute atomic E-state index is 12.4. The van der Waals surface area contributed by atoms with Crippen molar-refractivity contribution in [3.63, 3.8) is 0 Å². The minimum absolute atomic E-state index is 0.0694. The van der Waals surface area contributed by atoms with Gasteiger partial charge in [-0.05, 0) is 44.1 Å². The van der Waals surface area contributed by atoms with Crippen molar-refractivity contribution in [3.8, 4) is 0 Å². The number of aromatic nitrogens is 1. The lowest BCUT2D eigenvalue weighted by atomic mass is 10.1. The summed E-state index contributed by atoms with van der Waals surface area (Å²) in [7, 11) is 0. The summed E-state index contributed by atoms with van der Waals surface area (Å²) in [5.41, 5.74) is 8.78. The van der Waals surface area contributed by atoms with Crippen LogP contribution >= 0.6 is 23.1 Å². The average Bonchev–Trinajstić information content (AvgIpc) is 3.04. The van der Waals surface area contributed by atoms with Crippen LogP contribution in [0.3, 0.4) is 0 Å². The molecule has 2 aromatic rings. The molecule has 6 heteroatoms. The van der Waals surface area contributed by atoms with Gasteiger partial charge in [0.1, 0.15) is 9.71 Å². The predicted molar refractivity (Wildman–Crippen MR) is 91.3 cm³/mol. The number of hydrogen-bond acceptors (Lipinski definition) is 5. The molecular formula is C15H19N3OS2. The number of aryl methyl sites for hydroxylation is 2. The number of hydrogen-bond donors (Lipinski definition) is 2. The Hall–Kier alpha value is -1.27. The largest absolute Gasteiger partial charge is 0.397 e. The van der Waals surface area contributed by atoms with Crippen molar-refractivity contribution < 1.29 is 4.79 Å². The molecule has 4 nitrogen and oxygen atoms in total. The maximum Gasteiger partial charge on any atom is 0.263 e. The predicted octanol–water partition coefficient (Wildman–Crippen LogP) is 3.12. The summed E-state index contributed by atoms with van der Waals surface area (Å²) in [6.45, 7) is 4.69. The van der Waals surface area contributed by atoms with Crippen LogP contribution in [0.25, 0.3) is 10.2 Å². The lowest BCUT2D eigenvalue weighted by Gasteiger charge is -2.09. The molecule has 2 aromatic heterocycles. The van der Waals surface area contributed by atoms with Crippen LogP contribution in [0.4, 0.5) is 5.69 Å². The summed E-state index contributed by atoms with van der Waals surface area (Å²) < 4.78 is 0. The Kier molecular flexibility index (Phi) is 4.08. The number of carbonyl (C=O) groups is 1. The fraction of sp³-hybridized carbons (Fsp3) is 0.467. The van der Waals surface area contributed by atoms with Gasteiger partial charge in [0.15, 0.2) is 0 Å². The Morgan fingerprint density at radius 2 is 2.33 bits per heavy atom. The first-order valence-electron chi connectivity index (χ1n) is 7.12. The van der Waals surface area contributed by atoms with Gasteiger partial charge in [0.2, 0.25) is 0 Å². The Morgan fingerprint density at radius 1 is 1.52 bits per heavy atom. The van der Waals surface area contributed by atoms with Crippen LogP contribution in [0.2, 0.25) is 0 Å². The van der Waals surface area contributed by atoms with Crippen molar-refractivity contribution in [2.45, 2.75) is 31.9 Å². The van der Waals surface area contributed by atoms with Gasteiger partial charge in [0.25, 0.3) is 5.91 Å². The molecule has 1 aliphatic rings. The first kappa shape index (κ1) is 14.7. The first-order valence-corrected chi connectivity index (χ1v) is 8.99. The van der Waals surface area contributed by atoms with Crippen molar-refractivity contribution in [1.82, 2.24) is 10.3 Å². The molecule has 0 saturated carbocycles. The standard InChI is InChI=1S/C15H19N3OS2/c1-8-6-9(2)18-15-11(8)12(16)13(21-15)14(19)17-7-10-4-3-5-20-10/h6,10H,3-5,7,16H2,1-2H3,(H,17,19). The second kappa shape index (κ2) is 5.85. The molecule has 0 aromatic carbocycles. The van der Waals surface area contributed by atoms with Crippen molar-refractivity contribution in [2.24, 2.45) is 0 Å². The second-order valence-corrected chi connectivity index (χ2v) is 7.86. The number of nitrogens with zero attached hydrogens (tertiary/aromatic N) is 1. The Labute approximate surface area is 132 Å². The second-order valence-electron chi connectivity index (χ2n) is 5.45. The van der Waals surface area contributed by atoms with E-state index in [1.165, 1.54) is 29.9 Å². The third-order valence-corrected chi connectivity index (χ3v) is 6.24. The molecule has 3 rings (SSSR count). The van der Waals surface area contributed by atoms with Gasteiger partial charge >= 0.3 is 0 Å². The molecule has 0 aliphatic carbocycles. The molecule has 1 aliphatic heterocycles. The number of thioether (sulfide) groups is 1. The van der Waals surface area contributed by atoms with E-state index in [2.05, 4.69) is 10.3 Å². The normalized spacial score (nSPS) is 18.3. The monoisotopic (exact) mass is 321 g/mol. The van der Waals surface area contributed by atoms with Crippen LogP contribution in [0.15, 0.2) is 6.07 Å². The van der Waals surface area contributed by atoms with Gasteiger partial charge in [-0.2, -0.15) is 11.8 Å². The van der Waals surface area contributed by atoms with Gasteiger partial charge in [0.05, 0.1) is 5.69 Å². The fourth-order valence-electron chi connectivity index (χ4n) is 2.73. The summed E-state index contributed by atoms with van der Waals surface area (Å²) in [5.74, 6) is 1.13. The highest BCUT2D eigenvalue weighted by Gasteiger charge is 2.21. The summed E-state index contributed by atoms with van der Waals surface area (Å²) in [4.78, 5) is 18.3. The number of anilines is 1. The molecule has 1 saturated heterocycles. The Bertz CT molecular complexity index is 690.